The number of benzene rings is 2. The van der Waals surface area contributed by atoms with Crippen molar-refractivity contribution < 1.29 is 17.3 Å². The molecule has 2 heterocycles. The van der Waals surface area contributed by atoms with Crippen molar-refractivity contribution in [3.05, 3.63) is 89.1 Å². The van der Waals surface area contributed by atoms with Crippen LogP contribution in [0.1, 0.15) is 24.5 Å². The summed E-state index contributed by atoms with van der Waals surface area (Å²) < 4.78 is 36.4. The lowest BCUT2D eigenvalue weighted by atomic mass is 9.98. The van der Waals surface area contributed by atoms with Crippen molar-refractivity contribution in [1.82, 2.24) is 5.32 Å². The highest BCUT2D eigenvalue weighted by Gasteiger charge is 2.37. The first-order chi connectivity index (χ1) is 14.4. The Morgan fingerprint density at radius 2 is 1.77 bits per heavy atom. The van der Waals surface area contributed by atoms with Gasteiger partial charge < -0.3 is 10.1 Å². The molecule has 1 N–H and O–H groups in total. The van der Waals surface area contributed by atoms with Crippen molar-refractivity contribution in [1.29, 1.82) is 0 Å². The van der Waals surface area contributed by atoms with Gasteiger partial charge in [0.05, 0.1) is 11.5 Å². The number of hydrogen-bond acceptors (Lipinski definition) is 6. The average Bonchev–Trinajstić information content (AvgIpc) is 3.39. The van der Waals surface area contributed by atoms with Gasteiger partial charge in [-0.25, -0.2) is 0 Å². The van der Waals surface area contributed by atoms with Crippen LogP contribution in [0.25, 0.3) is 10.4 Å². The number of ether oxygens (including phenoxy) is 1. The molecular weight excluding hydrogens is 418 g/mol. The molecule has 0 amide bonds. The van der Waals surface area contributed by atoms with Crippen LogP contribution in [0, 0.1) is 6.92 Å². The van der Waals surface area contributed by atoms with Crippen LogP contribution in [0.5, 0.6) is 0 Å². The summed E-state index contributed by atoms with van der Waals surface area (Å²) >= 11 is 1.69. The monoisotopic (exact) mass is 441 g/mol. The summed E-state index contributed by atoms with van der Waals surface area (Å²) in [4.78, 5) is 1.34. The van der Waals surface area contributed by atoms with E-state index in [9.17, 15) is 8.42 Å². The number of allylic oxidation sites excluding steroid dienone is 1. The van der Waals surface area contributed by atoms with E-state index < -0.39 is 15.8 Å². The molecule has 1 aromatic heterocycles. The summed E-state index contributed by atoms with van der Waals surface area (Å²) in [6.45, 7) is 3.75. The van der Waals surface area contributed by atoms with Crippen LogP contribution in [0.2, 0.25) is 0 Å². The van der Waals surface area contributed by atoms with E-state index in [4.69, 9.17) is 8.92 Å². The van der Waals surface area contributed by atoms with E-state index in [0.29, 0.717) is 6.42 Å². The molecule has 0 radical (unpaired) electrons. The fraction of sp³-hybridized carbons (Fsp3) is 0.217. The van der Waals surface area contributed by atoms with Crippen molar-refractivity contribution >= 4 is 21.5 Å². The van der Waals surface area contributed by atoms with Crippen molar-refractivity contribution in [3.63, 3.8) is 0 Å². The quantitative estimate of drug-likeness (QED) is 0.514. The number of aryl methyl sites for hydroxylation is 1. The summed E-state index contributed by atoms with van der Waals surface area (Å²) in [5.41, 5.74) is 2.17. The molecule has 0 bridgehead atoms. The topological polar surface area (TPSA) is 64.6 Å². The standard InChI is InChI=1S/C23H23NO4S2/c1-17-5-11-21(12-6-17)30(25,26)27-14-13-23(24-16-18(2)28-23)20-9-7-19(8-10-20)22-4-3-15-29-22/h3-12,15-16,24H,13-14H2,1-2H3. The lowest BCUT2D eigenvalue weighted by Gasteiger charge is -2.30. The van der Waals surface area contributed by atoms with E-state index in [-0.39, 0.29) is 11.5 Å². The Hall–Kier alpha value is -2.61. The van der Waals surface area contributed by atoms with Gasteiger partial charge >= 0.3 is 0 Å². The fourth-order valence-corrected chi connectivity index (χ4v) is 5.02. The van der Waals surface area contributed by atoms with Gasteiger partial charge in [0.2, 0.25) is 5.72 Å². The van der Waals surface area contributed by atoms with Gasteiger partial charge in [0, 0.05) is 23.1 Å². The minimum absolute atomic E-state index is 0.0169. The van der Waals surface area contributed by atoms with E-state index in [1.165, 1.54) is 4.88 Å². The minimum atomic E-state index is -3.83. The summed E-state index contributed by atoms with van der Waals surface area (Å²) in [7, 11) is -3.83. The molecule has 2 aromatic carbocycles. The molecule has 1 aliphatic rings. The summed E-state index contributed by atoms with van der Waals surface area (Å²) in [6, 6.07) is 18.8. The molecule has 0 aliphatic carbocycles. The van der Waals surface area contributed by atoms with Crippen LogP contribution >= 0.6 is 11.3 Å². The number of thiophene rings is 1. The Morgan fingerprint density at radius 1 is 1.03 bits per heavy atom. The molecule has 0 spiro atoms. The Balaban J connectivity index is 1.50. The predicted octanol–water partition coefficient (Wildman–Crippen LogP) is 5.15. The Labute approximate surface area is 181 Å². The molecule has 0 fully saturated rings. The molecule has 30 heavy (non-hydrogen) atoms. The van der Waals surface area contributed by atoms with Crippen LogP contribution in [0.3, 0.4) is 0 Å². The van der Waals surface area contributed by atoms with E-state index in [1.807, 2.05) is 49.6 Å². The summed E-state index contributed by atoms with van der Waals surface area (Å²) in [5.74, 6) is 0.735. The maximum atomic E-state index is 12.5. The van der Waals surface area contributed by atoms with Gasteiger partial charge in [-0.05, 0) is 43.0 Å². The molecular formula is C23H23NO4S2. The van der Waals surface area contributed by atoms with Gasteiger partial charge in [-0.1, -0.05) is 48.0 Å². The van der Waals surface area contributed by atoms with Gasteiger partial charge in [-0.15, -0.1) is 11.3 Å². The Bertz CT molecular complexity index is 1130. The van der Waals surface area contributed by atoms with E-state index in [0.717, 1.165) is 22.4 Å². The third-order valence-electron chi connectivity index (χ3n) is 5.00. The highest BCUT2D eigenvalue weighted by atomic mass is 32.2. The van der Waals surface area contributed by atoms with Gasteiger partial charge in [0.15, 0.2) is 0 Å². The first-order valence-electron chi connectivity index (χ1n) is 9.62. The number of rotatable bonds is 7. The number of nitrogens with one attached hydrogen (secondary N) is 1. The minimum Gasteiger partial charge on any atom is -0.467 e. The van der Waals surface area contributed by atoms with Crippen molar-refractivity contribution in [2.24, 2.45) is 0 Å². The Morgan fingerprint density at radius 3 is 2.37 bits per heavy atom. The predicted molar refractivity (Wildman–Crippen MR) is 118 cm³/mol. The molecule has 5 nitrogen and oxygen atoms in total. The zero-order valence-electron chi connectivity index (χ0n) is 16.8. The van der Waals surface area contributed by atoms with E-state index >= 15 is 0 Å². The molecule has 156 valence electrons. The second-order valence-electron chi connectivity index (χ2n) is 7.22. The molecule has 1 unspecified atom stereocenters. The largest absolute Gasteiger partial charge is 0.467 e. The normalized spacial score (nSPS) is 18.5. The molecule has 4 rings (SSSR count). The van der Waals surface area contributed by atoms with Gasteiger partial charge in [-0.2, -0.15) is 8.42 Å². The molecule has 1 aliphatic heterocycles. The highest BCUT2D eigenvalue weighted by molar-refractivity contribution is 7.86. The van der Waals surface area contributed by atoms with Crippen LogP contribution in [0.15, 0.2) is 82.9 Å². The zero-order valence-corrected chi connectivity index (χ0v) is 18.4. The second-order valence-corrected chi connectivity index (χ2v) is 9.79. The van der Waals surface area contributed by atoms with Crippen molar-refractivity contribution in [2.75, 3.05) is 6.61 Å². The lowest BCUT2D eigenvalue weighted by Crippen LogP contribution is -2.39. The first-order valence-corrected chi connectivity index (χ1v) is 11.9. The zero-order chi connectivity index (χ0) is 21.2. The maximum absolute atomic E-state index is 12.5. The fourth-order valence-electron chi connectivity index (χ4n) is 3.38. The van der Waals surface area contributed by atoms with Gasteiger partial charge in [-0.3, -0.25) is 4.18 Å². The lowest BCUT2D eigenvalue weighted by molar-refractivity contribution is -0.0134. The van der Waals surface area contributed by atoms with E-state index in [1.54, 1.807) is 41.8 Å². The highest BCUT2D eigenvalue weighted by Crippen LogP contribution is 2.35. The second kappa shape index (κ2) is 8.26. The molecule has 7 heteroatoms. The van der Waals surface area contributed by atoms with Crippen LogP contribution < -0.4 is 5.32 Å². The van der Waals surface area contributed by atoms with E-state index in [2.05, 4.69) is 11.4 Å². The average molecular weight is 442 g/mol. The first kappa shape index (κ1) is 20.7. The van der Waals surface area contributed by atoms with Gasteiger partial charge in [0.1, 0.15) is 5.76 Å². The van der Waals surface area contributed by atoms with Gasteiger partial charge in [0.25, 0.3) is 10.1 Å². The third kappa shape index (κ3) is 4.28. The summed E-state index contributed by atoms with van der Waals surface area (Å²) in [5, 5.41) is 5.31. The van der Waals surface area contributed by atoms with Crippen LogP contribution in [-0.4, -0.2) is 15.0 Å². The maximum Gasteiger partial charge on any atom is 0.296 e. The third-order valence-corrected chi connectivity index (χ3v) is 7.25. The smallest absolute Gasteiger partial charge is 0.296 e. The molecule has 3 aromatic rings. The van der Waals surface area contributed by atoms with Crippen molar-refractivity contribution in [2.45, 2.75) is 30.9 Å². The molecule has 1 atom stereocenters. The molecule has 0 saturated heterocycles. The van der Waals surface area contributed by atoms with Crippen LogP contribution in [-0.2, 0) is 24.8 Å². The number of hydrogen-bond donors (Lipinski definition) is 1. The SMILES string of the molecule is CC1=CNC(CCOS(=O)(=O)c2ccc(C)cc2)(c2ccc(-c3cccs3)cc2)O1. The van der Waals surface area contributed by atoms with Crippen molar-refractivity contribution in [3.8, 4) is 10.4 Å². The van der Waals surface area contributed by atoms with Crippen LogP contribution in [0.4, 0.5) is 0 Å². The molecule has 0 saturated carbocycles. The Kier molecular flexibility index (Phi) is 5.69. The summed E-state index contributed by atoms with van der Waals surface area (Å²) in [6.07, 6.45) is 2.12.